The molecular weight excluding hydrogens is 202 g/mol. The second-order valence-corrected chi connectivity index (χ2v) is 4.00. The van der Waals surface area contributed by atoms with Crippen molar-refractivity contribution >= 4 is 5.91 Å². The third-order valence-corrected chi connectivity index (χ3v) is 3.02. The minimum Gasteiger partial charge on any atom is -0.494 e. The first kappa shape index (κ1) is 11.0. The molecule has 0 aliphatic carbocycles. The summed E-state index contributed by atoms with van der Waals surface area (Å²) in [6.45, 7) is 5.45. The molecule has 0 spiro atoms. The predicted octanol–water partition coefficient (Wildman–Crippen LogP) is 2.32. The number of hydrogen-bond acceptors (Lipinski definition) is 2. The van der Waals surface area contributed by atoms with Gasteiger partial charge in [-0.3, -0.25) is 4.79 Å². The number of nitrogens with one attached hydrogen (secondary N) is 1. The van der Waals surface area contributed by atoms with Crippen molar-refractivity contribution in [3.8, 4) is 5.75 Å². The molecule has 3 heteroatoms. The molecule has 2 rings (SSSR count). The lowest BCUT2D eigenvalue weighted by atomic mass is 9.88. The standard InChI is InChI=1S/C13H17NO2/c1-3-9-8-14-13(15)12-7-10(16-4-2)5-6-11(9)12/h5-7,9H,3-4,8H2,1-2H3,(H,14,15). The molecular formula is C13H17NO2. The molecule has 1 aromatic rings. The Morgan fingerprint density at radius 1 is 1.44 bits per heavy atom. The molecule has 0 saturated heterocycles. The number of rotatable bonds is 3. The first-order valence-electron chi connectivity index (χ1n) is 5.81. The van der Waals surface area contributed by atoms with Crippen LogP contribution in [0.15, 0.2) is 18.2 Å². The zero-order chi connectivity index (χ0) is 11.5. The van der Waals surface area contributed by atoms with Gasteiger partial charge in [0.25, 0.3) is 5.91 Å². The van der Waals surface area contributed by atoms with Crippen molar-refractivity contribution in [3.05, 3.63) is 29.3 Å². The van der Waals surface area contributed by atoms with Gasteiger partial charge in [-0.25, -0.2) is 0 Å². The van der Waals surface area contributed by atoms with Gasteiger partial charge in [0.05, 0.1) is 6.61 Å². The van der Waals surface area contributed by atoms with E-state index in [1.165, 1.54) is 0 Å². The molecule has 0 aromatic heterocycles. The van der Waals surface area contributed by atoms with E-state index >= 15 is 0 Å². The van der Waals surface area contributed by atoms with Crippen LogP contribution in [0.1, 0.15) is 42.1 Å². The first-order valence-corrected chi connectivity index (χ1v) is 5.81. The number of amides is 1. The summed E-state index contributed by atoms with van der Waals surface area (Å²) >= 11 is 0. The molecule has 1 N–H and O–H groups in total. The van der Waals surface area contributed by atoms with Gasteiger partial charge in [0, 0.05) is 18.0 Å². The molecule has 86 valence electrons. The van der Waals surface area contributed by atoms with Crippen molar-refractivity contribution in [2.45, 2.75) is 26.2 Å². The molecule has 1 aromatic carbocycles. The fourth-order valence-corrected chi connectivity index (χ4v) is 2.13. The molecule has 1 atom stereocenters. The zero-order valence-electron chi connectivity index (χ0n) is 9.75. The van der Waals surface area contributed by atoms with Gasteiger partial charge >= 0.3 is 0 Å². The summed E-state index contributed by atoms with van der Waals surface area (Å²) in [7, 11) is 0. The average Bonchev–Trinajstić information content (AvgIpc) is 2.31. The SMILES string of the molecule is CCOc1ccc2c(c1)C(=O)NCC2CC. The van der Waals surface area contributed by atoms with Crippen molar-refractivity contribution in [1.29, 1.82) is 0 Å². The van der Waals surface area contributed by atoms with E-state index in [1.54, 1.807) is 0 Å². The van der Waals surface area contributed by atoms with Gasteiger partial charge < -0.3 is 10.1 Å². The summed E-state index contributed by atoms with van der Waals surface area (Å²) in [6.07, 6.45) is 1.04. The third kappa shape index (κ3) is 1.90. The number of carbonyl (C=O) groups excluding carboxylic acids is 1. The average molecular weight is 219 g/mol. The maximum atomic E-state index is 11.7. The summed E-state index contributed by atoms with van der Waals surface area (Å²) in [4.78, 5) is 11.7. The number of hydrogen-bond donors (Lipinski definition) is 1. The summed E-state index contributed by atoms with van der Waals surface area (Å²) in [6, 6.07) is 5.81. The molecule has 1 aliphatic heterocycles. The van der Waals surface area contributed by atoms with Crippen LogP contribution in [0.5, 0.6) is 5.75 Å². The van der Waals surface area contributed by atoms with E-state index in [0.717, 1.165) is 29.8 Å². The maximum absolute atomic E-state index is 11.7. The van der Waals surface area contributed by atoms with Gasteiger partial charge in [0.1, 0.15) is 5.75 Å². The highest BCUT2D eigenvalue weighted by molar-refractivity contribution is 5.97. The van der Waals surface area contributed by atoms with Gasteiger partial charge in [-0.1, -0.05) is 13.0 Å². The Balaban J connectivity index is 2.39. The molecule has 1 unspecified atom stereocenters. The highest BCUT2D eigenvalue weighted by Gasteiger charge is 2.24. The zero-order valence-corrected chi connectivity index (χ0v) is 9.75. The first-order chi connectivity index (χ1) is 7.76. The molecule has 1 amide bonds. The van der Waals surface area contributed by atoms with E-state index in [4.69, 9.17) is 4.74 Å². The van der Waals surface area contributed by atoms with Crippen molar-refractivity contribution in [2.75, 3.05) is 13.2 Å². The summed E-state index contributed by atoms with van der Waals surface area (Å²) in [5, 5.41) is 2.91. The van der Waals surface area contributed by atoms with Crippen LogP contribution in [0.4, 0.5) is 0 Å². The van der Waals surface area contributed by atoms with Gasteiger partial charge in [0.2, 0.25) is 0 Å². The van der Waals surface area contributed by atoms with E-state index in [9.17, 15) is 4.79 Å². The number of benzene rings is 1. The van der Waals surface area contributed by atoms with Crippen LogP contribution >= 0.6 is 0 Å². The number of fused-ring (bicyclic) bond motifs is 1. The Bertz CT molecular complexity index is 401. The molecule has 1 heterocycles. The predicted molar refractivity (Wildman–Crippen MR) is 63.0 cm³/mol. The molecule has 0 saturated carbocycles. The lowest BCUT2D eigenvalue weighted by molar-refractivity contribution is 0.0939. The second kappa shape index (κ2) is 4.56. The highest BCUT2D eigenvalue weighted by atomic mass is 16.5. The van der Waals surface area contributed by atoms with Crippen LogP contribution in [0, 0.1) is 0 Å². The minimum absolute atomic E-state index is 0.0150. The molecule has 1 aliphatic rings. The van der Waals surface area contributed by atoms with E-state index in [1.807, 2.05) is 25.1 Å². The van der Waals surface area contributed by atoms with Crippen LogP contribution in [-0.4, -0.2) is 19.1 Å². The summed E-state index contributed by atoms with van der Waals surface area (Å²) in [5.74, 6) is 1.22. The fraction of sp³-hybridized carbons (Fsp3) is 0.462. The minimum atomic E-state index is 0.0150. The van der Waals surface area contributed by atoms with Crippen molar-refractivity contribution in [3.63, 3.8) is 0 Å². The molecule has 16 heavy (non-hydrogen) atoms. The van der Waals surface area contributed by atoms with Crippen molar-refractivity contribution in [1.82, 2.24) is 5.32 Å². The largest absolute Gasteiger partial charge is 0.494 e. The Morgan fingerprint density at radius 2 is 2.25 bits per heavy atom. The highest BCUT2D eigenvalue weighted by Crippen LogP contribution is 2.29. The van der Waals surface area contributed by atoms with Crippen LogP contribution in [-0.2, 0) is 0 Å². The lowest BCUT2D eigenvalue weighted by Gasteiger charge is -2.25. The van der Waals surface area contributed by atoms with Crippen LogP contribution in [0.3, 0.4) is 0 Å². The lowest BCUT2D eigenvalue weighted by Crippen LogP contribution is -2.34. The number of ether oxygens (including phenoxy) is 1. The van der Waals surface area contributed by atoms with E-state index in [2.05, 4.69) is 12.2 Å². The monoisotopic (exact) mass is 219 g/mol. The molecule has 0 bridgehead atoms. The van der Waals surface area contributed by atoms with E-state index in [-0.39, 0.29) is 5.91 Å². The van der Waals surface area contributed by atoms with E-state index in [0.29, 0.717) is 12.5 Å². The normalized spacial score (nSPS) is 18.9. The maximum Gasteiger partial charge on any atom is 0.251 e. The Hall–Kier alpha value is -1.51. The third-order valence-electron chi connectivity index (χ3n) is 3.02. The second-order valence-electron chi connectivity index (χ2n) is 4.00. The van der Waals surface area contributed by atoms with Crippen molar-refractivity contribution in [2.24, 2.45) is 0 Å². The van der Waals surface area contributed by atoms with Gasteiger partial charge in [-0.05, 0) is 31.0 Å². The summed E-state index contributed by atoms with van der Waals surface area (Å²) < 4.78 is 5.41. The van der Waals surface area contributed by atoms with E-state index < -0.39 is 0 Å². The number of carbonyl (C=O) groups is 1. The molecule has 0 fully saturated rings. The quantitative estimate of drug-likeness (QED) is 0.847. The molecule has 3 nitrogen and oxygen atoms in total. The van der Waals surface area contributed by atoms with Crippen LogP contribution in [0.25, 0.3) is 0 Å². The van der Waals surface area contributed by atoms with Gasteiger partial charge in [-0.2, -0.15) is 0 Å². The Kier molecular flexibility index (Phi) is 3.13. The van der Waals surface area contributed by atoms with Gasteiger partial charge in [0.15, 0.2) is 0 Å². The smallest absolute Gasteiger partial charge is 0.251 e. The summed E-state index contributed by atoms with van der Waals surface area (Å²) in [5.41, 5.74) is 1.92. The Morgan fingerprint density at radius 3 is 2.94 bits per heavy atom. The Labute approximate surface area is 95.8 Å². The van der Waals surface area contributed by atoms with Gasteiger partial charge in [-0.15, -0.1) is 0 Å². The topological polar surface area (TPSA) is 38.3 Å². The van der Waals surface area contributed by atoms with Crippen LogP contribution in [0.2, 0.25) is 0 Å². The molecule has 0 radical (unpaired) electrons. The fourth-order valence-electron chi connectivity index (χ4n) is 2.13. The van der Waals surface area contributed by atoms with Crippen molar-refractivity contribution < 1.29 is 9.53 Å². The van der Waals surface area contributed by atoms with Crippen LogP contribution < -0.4 is 10.1 Å².